The highest BCUT2D eigenvalue weighted by Gasteiger charge is 2.15. The summed E-state index contributed by atoms with van der Waals surface area (Å²) in [6, 6.07) is 7.37. The standard InChI is InChI=1S/C14H16N4O/c1-15-13-9-16-8-6-12(13)14(19)18(2)10-11-5-3-4-7-17-11/h3-9,15H,10H2,1-2H3. The van der Waals surface area contributed by atoms with Crippen LogP contribution in [0.25, 0.3) is 0 Å². The number of pyridine rings is 2. The largest absolute Gasteiger partial charge is 0.386 e. The molecule has 0 aromatic carbocycles. The lowest BCUT2D eigenvalue weighted by Crippen LogP contribution is -2.27. The second-order valence-electron chi connectivity index (χ2n) is 4.15. The third-order valence-electron chi connectivity index (χ3n) is 2.79. The summed E-state index contributed by atoms with van der Waals surface area (Å²) in [4.78, 5) is 22.2. The molecule has 19 heavy (non-hydrogen) atoms. The van der Waals surface area contributed by atoms with Crippen molar-refractivity contribution >= 4 is 11.6 Å². The topological polar surface area (TPSA) is 58.1 Å². The Morgan fingerprint density at radius 1 is 1.32 bits per heavy atom. The Kier molecular flexibility index (Phi) is 4.07. The summed E-state index contributed by atoms with van der Waals surface area (Å²) in [5, 5.41) is 2.97. The first-order valence-electron chi connectivity index (χ1n) is 5.99. The minimum absolute atomic E-state index is 0.0580. The molecule has 5 nitrogen and oxygen atoms in total. The van der Waals surface area contributed by atoms with Crippen molar-refractivity contribution in [2.75, 3.05) is 19.4 Å². The Labute approximate surface area is 112 Å². The molecular formula is C14H16N4O. The Morgan fingerprint density at radius 3 is 2.84 bits per heavy atom. The van der Waals surface area contributed by atoms with Crippen LogP contribution in [0, 0.1) is 0 Å². The van der Waals surface area contributed by atoms with Crippen LogP contribution in [0.4, 0.5) is 5.69 Å². The lowest BCUT2D eigenvalue weighted by atomic mass is 10.2. The van der Waals surface area contributed by atoms with Crippen LogP contribution in [0.1, 0.15) is 16.1 Å². The Bertz CT molecular complexity index is 556. The molecule has 2 heterocycles. The van der Waals surface area contributed by atoms with E-state index in [2.05, 4.69) is 15.3 Å². The molecule has 0 atom stereocenters. The molecule has 5 heteroatoms. The van der Waals surface area contributed by atoms with Crippen LogP contribution in [0.2, 0.25) is 0 Å². The maximum atomic E-state index is 12.4. The summed E-state index contributed by atoms with van der Waals surface area (Å²) in [5.41, 5.74) is 2.19. The SMILES string of the molecule is CNc1cnccc1C(=O)N(C)Cc1ccccn1. The van der Waals surface area contributed by atoms with Crippen LogP contribution in [-0.4, -0.2) is 34.9 Å². The van der Waals surface area contributed by atoms with Crippen molar-refractivity contribution in [1.29, 1.82) is 0 Å². The van der Waals surface area contributed by atoms with Crippen LogP contribution in [-0.2, 0) is 6.54 Å². The predicted molar refractivity (Wildman–Crippen MR) is 73.8 cm³/mol. The molecule has 2 aromatic rings. The summed E-state index contributed by atoms with van der Waals surface area (Å²) in [5.74, 6) is -0.0580. The van der Waals surface area contributed by atoms with Gasteiger partial charge in [0.1, 0.15) is 0 Å². The van der Waals surface area contributed by atoms with Gasteiger partial charge in [0.2, 0.25) is 0 Å². The van der Waals surface area contributed by atoms with E-state index >= 15 is 0 Å². The van der Waals surface area contributed by atoms with E-state index in [0.29, 0.717) is 12.1 Å². The quantitative estimate of drug-likeness (QED) is 0.906. The number of carbonyl (C=O) groups excluding carboxylic acids is 1. The maximum absolute atomic E-state index is 12.4. The molecule has 0 aliphatic rings. The molecule has 98 valence electrons. The van der Waals surface area contributed by atoms with Crippen molar-refractivity contribution < 1.29 is 4.79 Å². The third kappa shape index (κ3) is 3.07. The Morgan fingerprint density at radius 2 is 2.16 bits per heavy atom. The molecule has 0 radical (unpaired) electrons. The van der Waals surface area contributed by atoms with E-state index in [-0.39, 0.29) is 5.91 Å². The molecule has 0 bridgehead atoms. The molecule has 0 aliphatic heterocycles. The first-order chi connectivity index (χ1) is 9.22. The second-order valence-corrected chi connectivity index (χ2v) is 4.15. The van der Waals surface area contributed by atoms with Gasteiger partial charge in [0.15, 0.2) is 0 Å². The van der Waals surface area contributed by atoms with Gasteiger partial charge in [0.25, 0.3) is 5.91 Å². The molecule has 2 rings (SSSR count). The number of carbonyl (C=O) groups is 1. The molecule has 1 N–H and O–H groups in total. The zero-order valence-corrected chi connectivity index (χ0v) is 11.0. The van der Waals surface area contributed by atoms with Gasteiger partial charge in [-0.1, -0.05) is 6.07 Å². The average Bonchev–Trinajstić information content (AvgIpc) is 2.47. The molecule has 0 fully saturated rings. The van der Waals surface area contributed by atoms with Gasteiger partial charge in [-0.3, -0.25) is 14.8 Å². The molecule has 2 aromatic heterocycles. The van der Waals surface area contributed by atoms with E-state index in [1.54, 1.807) is 43.7 Å². The van der Waals surface area contributed by atoms with Crippen molar-refractivity contribution in [2.24, 2.45) is 0 Å². The first kappa shape index (κ1) is 13.0. The second kappa shape index (κ2) is 5.95. The van der Waals surface area contributed by atoms with E-state index in [1.165, 1.54) is 0 Å². The normalized spacial score (nSPS) is 10.0. The van der Waals surface area contributed by atoms with Gasteiger partial charge in [-0.15, -0.1) is 0 Å². The van der Waals surface area contributed by atoms with Crippen molar-refractivity contribution in [3.8, 4) is 0 Å². The summed E-state index contributed by atoms with van der Waals surface area (Å²) < 4.78 is 0. The fraction of sp³-hybridized carbons (Fsp3) is 0.214. The lowest BCUT2D eigenvalue weighted by Gasteiger charge is -2.18. The summed E-state index contributed by atoms with van der Waals surface area (Å²) >= 11 is 0. The molecule has 0 aliphatic carbocycles. The number of anilines is 1. The predicted octanol–water partition coefficient (Wildman–Crippen LogP) is 1.79. The number of hydrogen-bond acceptors (Lipinski definition) is 4. The van der Waals surface area contributed by atoms with Gasteiger partial charge >= 0.3 is 0 Å². The minimum atomic E-state index is -0.0580. The molecule has 0 saturated heterocycles. The molecule has 0 unspecified atom stereocenters. The summed E-state index contributed by atoms with van der Waals surface area (Å²) in [7, 11) is 3.53. The van der Waals surface area contributed by atoms with Crippen molar-refractivity contribution in [3.05, 3.63) is 54.1 Å². The maximum Gasteiger partial charge on any atom is 0.256 e. The third-order valence-corrected chi connectivity index (χ3v) is 2.79. The van der Waals surface area contributed by atoms with Gasteiger partial charge < -0.3 is 10.2 Å². The van der Waals surface area contributed by atoms with E-state index < -0.39 is 0 Å². The zero-order chi connectivity index (χ0) is 13.7. The van der Waals surface area contributed by atoms with Gasteiger partial charge in [0.05, 0.1) is 29.7 Å². The van der Waals surface area contributed by atoms with Crippen LogP contribution in [0.15, 0.2) is 42.9 Å². The summed E-state index contributed by atoms with van der Waals surface area (Å²) in [6.45, 7) is 0.477. The van der Waals surface area contributed by atoms with Gasteiger partial charge in [-0.05, 0) is 18.2 Å². The minimum Gasteiger partial charge on any atom is -0.386 e. The highest BCUT2D eigenvalue weighted by atomic mass is 16.2. The molecule has 0 saturated carbocycles. The number of nitrogens with zero attached hydrogens (tertiary/aromatic N) is 3. The van der Waals surface area contributed by atoms with Gasteiger partial charge in [-0.25, -0.2) is 0 Å². The molecule has 1 amide bonds. The van der Waals surface area contributed by atoms with Crippen molar-refractivity contribution in [1.82, 2.24) is 14.9 Å². The number of aromatic nitrogens is 2. The van der Waals surface area contributed by atoms with Crippen LogP contribution in [0.3, 0.4) is 0 Å². The van der Waals surface area contributed by atoms with Crippen LogP contribution >= 0.6 is 0 Å². The monoisotopic (exact) mass is 256 g/mol. The Balaban J connectivity index is 2.15. The fourth-order valence-electron chi connectivity index (χ4n) is 1.79. The van der Waals surface area contributed by atoms with Gasteiger partial charge in [0, 0.05) is 26.5 Å². The lowest BCUT2D eigenvalue weighted by molar-refractivity contribution is 0.0784. The van der Waals surface area contributed by atoms with Crippen molar-refractivity contribution in [2.45, 2.75) is 6.54 Å². The Hall–Kier alpha value is -2.43. The highest BCUT2D eigenvalue weighted by Crippen LogP contribution is 2.15. The van der Waals surface area contributed by atoms with Crippen molar-refractivity contribution in [3.63, 3.8) is 0 Å². The van der Waals surface area contributed by atoms with E-state index in [1.807, 2.05) is 18.2 Å². The number of hydrogen-bond donors (Lipinski definition) is 1. The van der Waals surface area contributed by atoms with Crippen LogP contribution in [0.5, 0.6) is 0 Å². The molecule has 0 spiro atoms. The van der Waals surface area contributed by atoms with E-state index in [9.17, 15) is 4.79 Å². The van der Waals surface area contributed by atoms with E-state index in [0.717, 1.165) is 11.4 Å². The number of amides is 1. The average molecular weight is 256 g/mol. The molecular weight excluding hydrogens is 240 g/mol. The zero-order valence-electron chi connectivity index (χ0n) is 11.0. The fourth-order valence-corrected chi connectivity index (χ4v) is 1.79. The van der Waals surface area contributed by atoms with Gasteiger partial charge in [-0.2, -0.15) is 0 Å². The number of nitrogens with one attached hydrogen (secondary N) is 1. The first-order valence-corrected chi connectivity index (χ1v) is 5.99. The highest BCUT2D eigenvalue weighted by molar-refractivity contribution is 5.99. The van der Waals surface area contributed by atoms with E-state index in [4.69, 9.17) is 0 Å². The smallest absolute Gasteiger partial charge is 0.256 e. The van der Waals surface area contributed by atoms with Crippen LogP contribution < -0.4 is 5.32 Å². The summed E-state index contributed by atoms with van der Waals surface area (Å²) in [6.07, 6.45) is 4.98. The number of rotatable bonds is 4.